The van der Waals surface area contributed by atoms with Crippen LogP contribution < -0.4 is 29.1 Å². The Morgan fingerprint density at radius 1 is 1.11 bits per heavy atom. The molecule has 0 N–H and O–H groups in total. The second kappa shape index (κ2) is 11.7. The lowest BCUT2D eigenvalue weighted by Crippen LogP contribution is -2.40. The van der Waals surface area contributed by atoms with Gasteiger partial charge < -0.3 is 18.9 Å². The molecule has 1 aliphatic heterocycles. The molecule has 2 aromatic carbocycles. The molecule has 0 unspecified atom stereocenters. The first-order valence-corrected chi connectivity index (χ1v) is 13.4. The molecule has 0 bridgehead atoms. The van der Waals surface area contributed by atoms with E-state index < -0.39 is 12.0 Å². The van der Waals surface area contributed by atoms with Crippen molar-refractivity contribution in [2.45, 2.75) is 46.8 Å². The molecule has 9 heteroatoms. The average Bonchev–Trinajstić information content (AvgIpc) is 3.18. The summed E-state index contributed by atoms with van der Waals surface area (Å²) in [7, 11) is 1.58. The summed E-state index contributed by atoms with van der Waals surface area (Å²) in [5, 5.41) is 0. The number of nitrogens with zero attached hydrogens (tertiary/aromatic N) is 2. The molecule has 0 saturated heterocycles. The summed E-state index contributed by atoms with van der Waals surface area (Å²) >= 11 is 1.26. The maximum Gasteiger partial charge on any atom is 0.338 e. The molecule has 8 nitrogen and oxygen atoms in total. The number of aromatic nitrogens is 1. The van der Waals surface area contributed by atoms with Gasteiger partial charge >= 0.3 is 5.97 Å². The van der Waals surface area contributed by atoms with E-state index >= 15 is 0 Å². The fourth-order valence-electron chi connectivity index (χ4n) is 4.34. The minimum atomic E-state index is -0.702. The Labute approximate surface area is 225 Å². The molecule has 0 saturated carbocycles. The summed E-state index contributed by atoms with van der Waals surface area (Å²) in [5.74, 6) is 1.34. The van der Waals surface area contributed by atoms with E-state index in [2.05, 4.69) is 4.99 Å². The van der Waals surface area contributed by atoms with Crippen LogP contribution in [0.4, 0.5) is 0 Å². The van der Waals surface area contributed by atoms with Gasteiger partial charge in [0.1, 0.15) is 5.75 Å². The zero-order valence-electron chi connectivity index (χ0n) is 22.4. The van der Waals surface area contributed by atoms with Crippen molar-refractivity contribution >= 4 is 23.4 Å². The molecule has 2 heterocycles. The highest BCUT2D eigenvalue weighted by molar-refractivity contribution is 7.07. The number of benzene rings is 2. The van der Waals surface area contributed by atoms with Gasteiger partial charge in [-0.05, 0) is 64.5 Å². The van der Waals surface area contributed by atoms with E-state index in [-0.39, 0.29) is 11.7 Å². The number of esters is 1. The van der Waals surface area contributed by atoms with Crippen molar-refractivity contribution in [1.29, 1.82) is 0 Å². The lowest BCUT2D eigenvalue weighted by Gasteiger charge is -2.25. The van der Waals surface area contributed by atoms with Gasteiger partial charge in [0.05, 0.1) is 48.3 Å². The molecular formula is C29H32N2O6S. The summed E-state index contributed by atoms with van der Waals surface area (Å²) in [5.41, 5.74) is 2.05. The number of rotatable bonds is 9. The topological polar surface area (TPSA) is 88.4 Å². The first kappa shape index (κ1) is 27.2. The lowest BCUT2D eigenvalue weighted by atomic mass is 9.96. The predicted octanol–water partition coefficient (Wildman–Crippen LogP) is 3.99. The maximum atomic E-state index is 13.9. The number of methoxy groups -OCH3 is 1. The molecule has 200 valence electrons. The molecule has 3 aromatic rings. The fourth-order valence-corrected chi connectivity index (χ4v) is 5.37. The predicted molar refractivity (Wildman–Crippen MR) is 147 cm³/mol. The quantitative estimate of drug-likeness (QED) is 0.384. The van der Waals surface area contributed by atoms with Crippen LogP contribution >= 0.6 is 11.3 Å². The second-order valence-corrected chi connectivity index (χ2v) is 9.86. The SMILES string of the molecule is CCOc1ccc([C@H]2C(C(=O)OC(C)C)=C(C)N=c3s/c(=C/c4cccc(OC)c4OCC)c(=O)n32)cc1. The Balaban J connectivity index is 1.93. The Morgan fingerprint density at radius 2 is 1.82 bits per heavy atom. The molecule has 0 radical (unpaired) electrons. The molecule has 0 spiro atoms. The van der Waals surface area contributed by atoms with E-state index in [1.54, 1.807) is 38.5 Å². The number of thiazole rings is 1. The number of carbonyl (C=O) groups excluding carboxylic acids is 1. The number of hydrogen-bond acceptors (Lipinski definition) is 8. The molecule has 1 aromatic heterocycles. The zero-order valence-corrected chi connectivity index (χ0v) is 23.3. The molecule has 1 aliphatic rings. The van der Waals surface area contributed by atoms with Crippen molar-refractivity contribution in [3.63, 3.8) is 0 Å². The normalized spacial score (nSPS) is 15.2. The summed E-state index contributed by atoms with van der Waals surface area (Å²) in [4.78, 5) is 32.3. The Hall–Kier alpha value is -3.85. The van der Waals surface area contributed by atoms with Crippen molar-refractivity contribution in [1.82, 2.24) is 4.57 Å². The van der Waals surface area contributed by atoms with Crippen molar-refractivity contribution in [2.75, 3.05) is 20.3 Å². The van der Waals surface area contributed by atoms with Crippen LogP contribution in [0.5, 0.6) is 17.2 Å². The Morgan fingerprint density at radius 3 is 2.45 bits per heavy atom. The summed E-state index contributed by atoms with van der Waals surface area (Å²) in [6, 6.07) is 12.2. The molecule has 1 atom stereocenters. The lowest BCUT2D eigenvalue weighted by molar-refractivity contribution is -0.143. The summed E-state index contributed by atoms with van der Waals surface area (Å²) < 4.78 is 24.5. The standard InChI is InChI=1S/C29H32N2O6S/c1-7-35-21-14-12-19(13-15-21)25-24(28(33)37-17(3)4)18(5)30-29-31(25)27(32)23(38-29)16-20-10-9-11-22(34-6)26(20)36-8-2/h9-17,25H,7-8H2,1-6H3/b23-16+/t25-/m0/s1. The van der Waals surface area contributed by atoms with E-state index in [1.165, 1.54) is 11.3 Å². The van der Waals surface area contributed by atoms with Crippen LogP contribution in [0.1, 0.15) is 51.8 Å². The number of carbonyl (C=O) groups is 1. The van der Waals surface area contributed by atoms with Gasteiger partial charge in [0.15, 0.2) is 16.3 Å². The molecule has 4 rings (SSSR count). The van der Waals surface area contributed by atoms with Crippen LogP contribution in [0.25, 0.3) is 6.08 Å². The zero-order chi connectivity index (χ0) is 27.4. The van der Waals surface area contributed by atoms with Gasteiger partial charge in [-0.2, -0.15) is 0 Å². The average molecular weight is 537 g/mol. The molecular weight excluding hydrogens is 504 g/mol. The van der Waals surface area contributed by atoms with E-state index in [0.717, 1.165) is 5.56 Å². The molecule has 0 fully saturated rings. The van der Waals surface area contributed by atoms with Crippen LogP contribution in [0.15, 0.2) is 63.5 Å². The number of allylic oxidation sites excluding steroid dienone is 1. The van der Waals surface area contributed by atoms with Gasteiger partial charge in [-0.25, -0.2) is 9.79 Å². The highest BCUT2D eigenvalue weighted by atomic mass is 32.1. The number of ether oxygens (including phenoxy) is 4. The molecule has 0 aliphatic carbocycles. The maximum absolute atomic E-state index is 13.9. The van der Waals surface area contributed by atoms with Crippen LogP contribution in [-0.4, -0.2) is 37.0 Å². The van der Waals surface area contributed by atoms with E-state index in [4.69, 9.17) is 18.9 Å². The van der Waals surface area contributed by atoms with Gasteiger partial charge in [-0.3, -0.25) is 9.36 Å². The van der Waals surface area contributed by atoms with Gasteiger partial charge in [0.25, 0.3) is 5.56 Å². The largest absolute Gasteiger partial charge is 0.494 e. The van der Waals surface area contributed by atoms with E-state index in [9.17, 15) is 9.59 Å². The summed E-state index contributed by atoms with van der Waals surface area (Å²) in [6.07, 6.45) is 1.45. The van der Waals surface area contributed by atoms with Gasteiger partial charge in [-0.1, -0.05) is 35.6 Å². The van der Waals surface area contributed by atoms with Crippen LogP contribution in [0.3, 0.4) is 0 Å². The van der Waals surface area contributed by atoms with Crippen molar-refractivity contribution in [3.8, 4) is 17.2 Å². The third-order valence-corrected chi connectivity index (χ3v) is 6.88. The highest BCUT2D eigenvalue weighted by Gasteiger charge is 2.33. The Kier molecular flexibility index (Phi) is 8.36. The highest BCUT2D eigenvalue weighted by Crippen LogP contribution is 2.33. The first-order chi connectivity index (χ1) is 18.3. The van der Waals surface area contributed by atoms with Gasteiger partial charge in [-0.15, -0.1) is 0 Å². The Bertz CT molecular complexity index is 1530. The summed E-state index contributed by atoms with van der Waals surface area (Å²) in [6.45, 7) is 10.1. The van der Waals surface area contributed by atoms with Crippen LogP contribution in [0, 0.1) is 0 Å². The van der Waals surface area contributed by atoms with Gasteiger partial charge in [0, 0.05) is 5.56 Å². The number of hydrogen-bond donors (Lipinski definition) is 0. The minimum absolute atomic E-state index is 0.264. The van der Waals surface area contributed by atoms with Crippen molar-refractivity contribution < 1.29 is 23.7 Å². The van der Waals surface area contributed by atoms with Gasteiger partial charge in [0.2, 0.25) is 0 Å². The van der Waals surface area contributed by atoms with Crippen molar-refractivity contribution in [2.24, 2.45) is 4.99 Å². The van der Waals surface area contributed by atoms with Crippen LogP contribution in [-0.2, 0) is 9.53 Å². The number of fused-ring (bicyclic) bond motifs is 1. The fraction of sp³-hybridized carbons (Fsp3) is 0.345. The van der Waals surface area contributed by atoms with E-state index in [1.807, 2.05) is 56.3 Å². The smallest absolute Gasteiger partial charge is 0.338 e. The first-order valence-electron chi connectivity index (χ1n) is 12.5. The second-order valence-electron chi connectivity index (χ2n) is 8.85. The monoisotopic (exact) mass is 536 g/mol. The van der Waals surface area contributed by atoms with Crippen LogP contribution in [0.2, 0.25) is 0 Å². The molecule has 38 heavy (non-hydrogen) atoms. The third kappa shape index (κ3) is 5.38. The van der Waals surface area contributed by atoms with E-state index in [0.29, 0.717) is 56.6 Å². The molecule has 0 amide bonds. The van der Waals surface area contributed by atoms with Crippen molar-refractivity contribution in [3.05, 3.63) is 84.5 Å². The minimum Gasteiger partial charge on any atom is -0.494 e. The number of para-hydroxylation sites is 1. The third-order valence-electron chi connectivity index (χ3n) is 5.90.